The van der Waals surface area contributed by atoms with Crippen molar-refractivity contribution in [2.24, 2.45) is 0 Å². The van der Waals surface area contributed by atoms with E-state index >= 15 is 0 Å². The van der Waals surface area contributed by atoms with Crippen molar-refractivity contribution in [3.05, 3.63) is 66.2 Å². The summed E-state index contributed by atoms with van der Waals surface area (Å²) in [5, 5.41) is 6.72. The number of fused-ring (bicyclic) bond motifs is 1. The summed E-state index contributed by atoms with van der Waals surface area (Å²) in [5.41, 5.74) is 2.73. The molecule has 1 fully saturated rings. The molecule has 3 heterocycles. The van der Waals surface area contributed by atoms with Crippen molar-refractivity contribution in [1.82, 2.24) is 19.9 Å². The fourth-order valence-electron chi connectivity index (χ4n) is 4.28. The number of anilines is 4. The Morgan fingerprint density at radius 1 is 1.11 bits per heavy atom. The van der Waals surface area contributed by atoms with Crippen LogP contribution < -0.4 is 15.4 Å². The molecule has 2 aromatic heterocycles. The average Bonchev–Trinajstić information content (AvgIpc) is 3.26. The van der Waals surface area contributed by atoms with Gasteiger partial charge in [0.05, 0.1) is 23.8 Å². The average molecular weight is 525 g/mol. The van der Waals surface area contributed by atoms with Gasteiger partial charge in [-0.05, 0) is 49.7 Å². The molecule has 9 nitrogen and oxygen atoms in total. The Kier molecular flexibility index (Phi) is 7.24. The van der Waals surface area contributed by atoms with E-state index in [1.165, 1.54) is 0 Å². The van der Waals surface area contributed by atoms with Crippen LogP contribution in [0.3, 0.4) is 0 Å². The number of aromatic nitrogens is 3. The van der Waals surface area contributed by atoms with Crippen LogP contribution in [-0.4, -0.2) is 66.0 Å². The molecule has 0 aliphatic carbocycles. The molecule has 1 aliphatic heterocycles. The Hall–Kier alpha value is -3.70. The quantitative estimate of drug-likeness (QED) is 0.277. The largest absolute Gasteiger partial charge is 0.493 e. The van der Waals surface area contributed by atoms with E-state index in [0.717, 1.165) is 29.9 Å². The summed E-state index contributed by atoms with van der Waals surface area (Å²) in [7, 11) is -2.86. The minimum atomic E-state index is -2.86. The van der Waals surface area contributed by atoms with Gasteiger partial charge < -0.3 is 25.3 Å². The van der Waals surface area contributed by atoms with Gasteiger partial charge in [0.15, 0.2) is 15.7 Å². The van der Waals surface area contributed by atoms with Crippen LogP contribution in [0.15, 0.2) is 54.7 Å². The fourth-order valence-corrected chi connectivity index (χ4v) is 5.55. The minimum absolute atomic E-state index is 0.233. The molecular weight excluding hydrogens is 495 g/mol. The zero-order valence-electron chi connectivity index (χ0n) is 20.5. The number of rotatable bonds is 9. The van der Waals surface area contributed by atoms with Gasteiger partial charge in [-0.15, -0.1) is 0 Å². The molecule has 3 N–H and O–H groups in total. The van der Waals surface area contributed by atoms with Crippen LogP contribution in [0.2, 0.25) is 0 Å². The Bertz CT molecular complexity index is 1490. The lowest BCUT2D eigenvalue weighted by atomic mass is 10.2. The molecular formula is C26H29FN6O3S. The molecule has 0 bridgehead atoms. The maximum atomic E-state index is 14.9. The molecule has 0 saturated carbocycles. The first-order valence-corrected chi connectivity index (χ1v) is 14.0. The number of nitrogens with one attached hydrogen (secondary N) is 3. The Balaban J connectivity index is 1.16. The molecule has 4 aromatic rings. The SMILES string of the molecule is Cc1cc2c(F)c(Nc3ccnc(Nc4cccc(OCCCN5CCS(=O)(=O)CC5)c4)n3)ccc2[nH]1. The summed E-state index contributed by atoms with van der Waals surface area (Å²) in [6, 6.07) is 14.4. The van der Waals surface area contributed by atoms with Gasteiger partial charge >= 0.3 is 0 Å². The van der Waals surface area contributed by atoms with Gasteiger partial charge in [0.25, 0.3) is 0 Å². The molecule has 194 valence electrons. The first kappa shape index (κ1) is 25.0. The second-order valence-corrected chi connectivity index (χ2v) is 11.4. The highest BCUT2D eigenvalue weighted by molar-refractivity contribution is 7.91. The van der Waals surface area contributed by atoms with Gasteiger partial charge in [0.2, 0.25) is 5.95 Å². The van der Waals surface area contributed by atoms with Crippen molar-refractivity contribution in [3.8, 4) is 5.75 Å². The lowest BCUT2D eigenvalue weighted by molar-refractivity contribution is 0.246. The molecule has 0 spiro atoms. The lowest BCUT2D eigenvalue weighted by Crippen LogP contribution is -2.40. The summed E-state index contributed by atoms with van der Waals surface area (Å²) in [6.45, 7) is 4.39. The molecule has 2 aromatic carbocycles. The first-order chi connectivity index (χ1) is 17.8. The van der Waals surface area contributed by atoms with Crippen LogP contribution in [0.25, 0.3) is 10.9 Å². The van der Waals surface area contributed by atoms with E-state index in [4.69, 9.17) is 4.74 Å². The number of hydrogen-bond acceptors (Lipinski definition) is 8. The third kappa shape index (κ3) is 6.36. The second-order valence-electron chi connectivity index (χ2n) is 9.08. The number of halogens is 1. The van der Waals surface area contributed by atoms with Crippen LogP contribution in [-0.2, 0) is 9.84 Å². The standard InChI is InChI=1S/C26H29FN6O3S/c1-18-16-21-22(29-18)6-7-23(25(21)27)31-24-8-9-28-26(32-24)30-19-4-2-5-20(17-19)36-13-3-10-33-11-14-37(34,35)15-12-33/h2,4-9,16-17,29H,3,10-15H2,1H3,(H2,28,30,31,32). The van der Waals surface area contributed by atoms with E-state index < -0.39 is 9.84 Å². The Morgan fingerprint density at radius 3 is 2.78 bits per heavy atom. The Labute approximate surface area is 215 Å². The highest BCUT2D eigenvalue weighted by Crippen LogP contribution is 2.27. The normalized spacial score (nSPS) is 15.5. The van der Waals surface area contributed by atoms with Crippen molar-refractivity contribution >= 4 is 43.9 Å². The second kappa shape index (κ2) is 10.7. The maximum Gasteiger partial charge on any atom is 0.229 e. The predicted molar refractivity (Wildman–Crippen MR) is 143 cm³/mol. The van der Waals surface area contributed by atoms with Crippen molar-refractivity contribution in [2.45, 2.75) is 13.3 Å². The molecule has 0 atom stereocenters. The summed E-state index contributed by atoms with van der Waals surface area (Å²) >= 11 is 0. The highest BCUT2D eigenvalue weighted by Gasteiger charge is 2.20. The number of nitrogens with zero attached hydrogens (tertiary/aromatic N) is 3. The highest BCUT2D eigenvalue weighted by atomic mass is 32.2. The Morgan fingerprint density at radius 2 is 1.95 bits per heavy atom. The van der Waals surface area contributed by atoms with Crippen molar-refractivity contribution < 1.29 is 17.5 Å². The number of aryl methyl sites for hydroxylation is 1. The predicted octanol–water partition coefficient (Wildman–Crippen LogP) is 4.39. The minimum Gasteiger partial charge on any atom is -0.493 e. The van der Waals surface area contributed by atoms with E-state index in [9.17, 15) is 12.8 Å². The van der Waals surface area contributed by atoms with Crippen LogP contribution in [0.5, 0.6) is 5.75 Å². The van der Waals surface area contributed by atoms with Gasteiger partial charge in [0.1, 0.15) is 11.6 Å². The van der Waals surface area contributed by atoms with Gasteiger partial charge in [-0.25, -0.2) is 17.8 Å². The van der Waals surface area contributed by atoms with Crippen LogP contribution in [0, 0.1) is 12.7 Å². The van der Waals surface area contributed by atoms with Crippen LogP contribution >= 0.6 is 0 Å². The van der Waals surface area contributed by atoms with E-state index in [2.05, 4.69) is 30.5 Å². The van der Waals surface area contributed by atoms with Crippen molar-refractivity contribution in [2.75, 3.05) is 48.4 Å². The summed E-state index contributed by atoms with van der Waals surface area (Å²) < 4.78 is 43.9. The van der Waals surface area contributed by atoms with Crippen LogP contribution in [0.4, 0.5) is 27.5 Å². The van der Waals surface area contributed by atoms with E-state index in [0.29, 0.717) is 48.3 Å². The van der Waals surface area contributed by atoms with Crippen LogP contribution in [0.1, 0.15) is 12.1 Å². The number of hydrogen-bond donors (Lipinski definition) is 3. The maximum absolute atomic E-state index is 14.9. The number of H-pyrrole nitrogens is 1. The molecule has 1 aliphatic rings. The van der Waals surface area contributed by atoms with Gasteiger partial charge in [-0.3, -0.25) is 0 Å². The monoisotopic (exact) mass is 524 g/mol. The van der Waals surface area contributed by atoms with Gasteiger partial charge in [0, 0.05) is 54.2 Å². The molecule has 0 radical (unpaired) electrons. The fraction of sp³-hybridized carbons (Fsp3) is 0.308. The zero-order chi connectivity index (χ0) is 25.8. The molecule has 37 heavy (non-hydrogen) atoms. The summed E-state index contributed by atoms with van der Waals surface area (Å²) in [6.07, 6.45) is 2.40. The molecule has 5 rings (SSSR count). The third-order valence-corrected chi connectivity index (χ3v) is 7.81. The zero-order valence-corrected chi connectivity index (χ0v) is 21.3. The van der Waals surface area contributed by atoms with Crippen molar-refractivity contribution in [3.63, 3.8) is 0 Å². The molecule has 1 saturated heterocycles. The molecule has 0 unspecified atom stereocenters. The topological polar surface area (TPSA) is 112 Å². The number of ether oxygens (including phenoxy) is 1. The van der Waals surface area contributed by atoms with Gasteiger partial charge in [-0.2, -0.15) is 4.98 Å². The number of sulfone groups is 1. The number of benzene rings is 2. The van der Waals surface area contributed by atoms with Gasteiger partial charge in [-0.1, -0.05) is 6.07 Å². The molecule has 0 amide bonds. The summed E-state index contributed by atoms with van der Waals surface area (Å²) in [4.78, 5) is 14.0. The van der Waals surface area contributed by atoms with E-state index in [1.54, 1.807) is 24.4 Å². The molecule has 11 heteroatoms. The van der Waals surface area contributed by atoms with Crippen molar-refractivity contribution in [1.29, 1.82) is 0 Å². The first-order valence-electron chi connectivity index (χ1n) is 12.2. The van der Waals surface area contributed by atoms with E-state index in [-0.39, 0.29) is 17.3 Å². The smallest absolute Gasteiger partial charge is 0.229 e. The summed E-state index contributed by atoms with van der Waals surface area (Å²) in [5.74, 6) is 1.65. The number of aromatic amines is 1. The van der Waals surface area contributed by atoms with E-state index in [1.807, 2.05) is 37.3 Å². The third-order valence-electron chi connectivity index (χ3n) is 6.21. The lowest BCUT2D eigenvalue weighted by Gasteiger charge is -2.26.